The summed E-state index contributed by atoms with van der Waals surface area (Å²) in [5.41, 5.74) is 1.22. The number of hydrogen-bond donors (Lipinski definition) is 4. The minimum atomic E-state index is -1.13. The molecule has 0 bridgehead atoms. The van der Waals surface area contributed by atoms with Crippen LogP contribution in [0.25, 0.3) is 0 Å². The molecule has 0 fully saturated rings. The summed E-state index contributed by atoms with van der Waals surface area (Å²) in [7, 11) is 0. The highest BCUT2D eigenvalue weighted by Gasteiger charge is 2.28. The molecule has 36 heavy (non-hydrogen) atoms. The molecule has 2 atom stereocenters. The predicted octanol–water partition coefficient (Wildman–Crippen LogP) is 2.45. The van der Waals surface area contributed by atoms with Gasteiger partial charge in [-0.05, 0) is 41.8 Å². The molecule has 8 nitrogen and oxygen atoms in total. The van der Waals surface area contributed by atoms with Gasteiger partial charge in [0, 0.05) is 25.3 Å². The smallest absolute Gasteiger partial charge is 0.243 e. The van der Waals surface area contributed by atoms with Gasteiger partial charge in [-0.1, -0.05) is 38.1 Å². The van der Waals surface area contributed by atoms with E-state index < -0.39 is 47.2 Å². The van der Waals surface area contributed by atoms with Crippen molar-refractivity contribution < 1.29 is 28.0 Å². The van der Waals surface area contributed by atoms with Crippen LogP contribution in [0.1, 0.15) is 37.8 Å². The zero-order valence-electron chi connectivity index (χ0n) is 20.1. The molecule has 0 aliphatic carbocycles. The quantitative estimate of drug-likeness (QED) is 0.315. The normalized spacial score (nSPS) is 12.4. The molecule has 0 spiro atoms. The maximum atomic E-state index is 13.3. The fraction of sp³-hybridized carbons (Fsp3) is 0.346. The van der Waals surface area contributed by atoms with E-state index in [1.54, 1.807) is 13.8 Å². The Balaban J connectivity index is 2.17. The molecular formula is C26H30F2N4O4. The summed E-state index contributed by atoms with van der Waals surface area (Å²) in [4.78, 5) is 50.0. The summed E-state index contributed by atoms with van der Waals surface area (Å²) in [6, 6.07) is 8.78. The molecule has 0 saturated heterocycles. The fourth-order valence-electron chi connectivity index (χ4n) is 3.22. The Morgan fingerprint density at radius 1 is 0.806 bits per heavy atom. The summed E-state index contributed by atoms with van der Waals surface area (Å²) in [6.45, 7) is 3.39. The summed E-state index contributed by atoms with van der Waals surface area (Å²) in [5, 5.41) is 15.0. The number of Topliss-reactive ketones (excluding diaryl/α,β-unsaturated/α-hetero) is 1. The van der Waals surface area contributed by atoms with Crippen LogP contribution in [-0.4, -0.2) is 41.8 Å². The van der Waals surface area contributed by atoms with Crippen molar-refractivity contribution >= 4 is 29.7 Å². The number of carbonyl (C=O) groups is 4. The van der Waals surface area contributed by atoms with E-state index in [0.717, 1.165) is 0 Å². The van der Waals surface area contributed by atoms with E-state index in [1.807, 2.05) is 0 Å². The van der Waals surface area contributed by atoms with Crippen LogP contribution in [0, 0.1) is 23.0 Å². The Morgan fingerprint density at radius 3 is 1.86 bits per heavy atom. The van der Waals surface area contributed by atoms with Crippen molar-refractivity contribution in [1.29, 1.82) is 5.41 Å². The Bertz CT molecular complexity index is 1070. The van der Waals surface area contributed by atoms with Gasteiger partial charge < -0.3 is 21.4 Å². The van der Waals surface area contributed by atoms with E-state index in [4.69, 9.17) is 5.41 Å². The number of benzene rings is 2. The Hall–Kier alpha value is -3.95. The summed E-state index contributed by atoms with van der Waals surface area (Å²) < 4.78 is 26.4. The number of carbonyl (C=O) groups excluding carboxylic acids is 4. The fourth-order valence-corrected chi connectivity index (χ4v) is 3.22. The summed E-state index contributed by atoms with van der Waals surface area (Å²) in [6.07, 6.45) is 0.458. The van der Waals surface area contributed by atoms with E-state index in [0.29, 0.717) is 17.3 Å². The number of rotatable bonds is 13. The first-order chi connectivity index (χ1) is 17.1. The largest absolute Gasteiger partial charge is 0.350 e. The van der Waals surface area contributed by atoms with Crippen molar-refractivity contribution in [3.05, 3.63) is 71.3 Å². The van der Waals surface area contributed by atoms with Crippen LogP contribution in [0.3, 0.4) is 0 Å². The molecule has 192 valence electrons. The van der Waals surface area contributed by atoms with Crippen LogP contribution in [0.4, 0.5) is 8.78 Å². The van der Waals surface area contributed by atoms with Crippen LogP contribution in [0.2, 0.25) is 0 Å². The van der Waals surface area contributed by atoms with Crippen LogP contribution in [0.15, 0.2) is 48.5 Å². The molecule has 4 N–H and O–H groups in total. The first kappa shape index (κ1) is 28.3. The van der Waals surface area contributed by atoms with E-state index in [9.17, 15) is 28.0 Å². The number of ketones is 1. The number of amides is 3. The third-order valence-electron chi connectivity index (χ3n) is 5.36. The maximum absolute atomic E-state index is 13.3. The van der Waals surface area contributed by atoms with Crippen LogP contribution < -0.4 is 16.0 Å². The second-order valence-corrected chi connectivity index (χ2v) is 8.60. The van der Waals surface area contributed by atoms with Crippen molar-refractivity contribution in [2.75, 3.05) is 0 Å². The zero-order valence-corrected chi connectivity index (χ0v) is 20.1. The highest BCUT2D eigenvalue weighted by molar-refractivity contribution is 6.26. The zero-order chi connectivity index (χ0) is 26.7. The van der Waals surface area contributed by atoms with Gasteiger partial charge >= 0.3 is 0 Å². The monoisotopic (exact) mass is 500 g/mol. The third-order valence-corrected chi connectivity index (χ3v) is 5.36. The van der Waals surface area contributed by atoms with E-state index in [2.05, 4.69) is 16.0 Å². The molecule has 2 aromatic rings. The van der Waals surface area contributed by atoms with Crippen molar-refractivity contribution in [2.45, 2.75) is 51.7 Å². The molecule has 0 aromatic heterocycles. The number of halogens is 2. The standard InChI is InChI=1S/C26H30F2N4O4/c1-16(2)24(34)32-23(13-17-3-7-19(27)8-4-17)26(36)31-22(12-11-21(33)14-29)25(35)30-15-18-5-9-20(28)10-6-18/h3-10,14,16,22-23,29H,11-13,15H2,1-2H3,(H,30,35)(H,31,36)(H,32,34)/t22-,23-/m0/s1. The first-order valence-electron chi connectivity index (χ1n) is 11.5. The minimum Gasteiger partial charge on any atom is -0.350 e. The van der Waals surface area contributed by atoms with Gasteiger partial charge in [-0.3, -0.25) is 19.2 Å². The molecule has 0 aliphatic heterocycles. The van der Waals surface area contributed by atoms with E-state index in [-0.39, 0.29) is 31.7 Å². The minimum absolute atomic E-state index is 0.0495. The molecule has 0 heterocycles. The van der Waals surface area contributed by atoms with Gasteiger partial charge in [-0.15, -0.1) is 0 Å². The SMILES string of the molecule is CC(C)C(=O)N[C@@H](Cc1ccc(F)cc1)C(=O)N[C@@H](CCC(=O)C=N)C(=O)NCc1ccc(F)cc1. The molecule has 0 unspecified atom stereocenters. The molecule has 2 aromatic carbocycles. The van der Waals surface area contributed by atoms with Crippen LogP contribution >= 0.6 is 0 Å². The topological polar surface area (TPSA) is 128 Å². The Labute approximate surface area is 208 Å². The van der Waals surface area contributed by atoms with Gasteiger partial charge in [0.2, 0.25) is 17.7 Å². The lowest BCUT2D eigenvalue weighted by atomic mass is 10.0. The van der Waals surface area contributed by atoms with Crippen molar-refractivity contribution in [1.82, 2.24) is 16.0 Å². The maximum Gasteiger partial charge on any atom is 0.243 e. The predicted molar refractivity (Wildman–Crippen MR) is 130 cm³/mol. The molecule has 0 aliphatic rings. The average molecular weight is 501 g/mol. The number of nitrogens with one attached hydrogen (secondary N) is 4. The van der Waals surface area contributed by atoms with Gasteiger partial charge in [-0.25, -0.2) is 8.78 Å². The second kappa shape index (κ2) is 13.8. The highest BCUT2D eigenvalue weighted by Crippen LogP contribution is 2.09. The molecule has 3 amide bonds. The van der Waals surface area contributed by atoms with Gasteiger partial charge in [0.05, 0.1) is 6.21 Å². The average Bonchev–Trinajstić information content (AvgIpc) is 2.86. The molecule has 0 saturated carbocycles. The van der Waals surface area contributed by atoms with E-state index in [1.165, 1.54) is 48.5 Å². The van der Waals surface area contributed by atoms with Gasteiger partial charge in [-0.2, -0.15) is 0 Å². The highest BCUT2D eigenvalue weighted by atomic mass is 19.1. The summed E-state index contributed by atoms with van der Waals surface area (Å²) in [5.74, 6) is -3.41. The Morgan fingerprint density at radius 2 is 1.33 bits per heavy atom. The lowest BCUT2D eigenvalue weighted by Gasteiger charge is -2.24. The van der Waals surface area contributed by atoms with Crippen LogP contribution in [0.5, 0.6) is 0 Å². The second-order valence-electron chi connectivity index (χ2n) is 8.60. The first-order valence-corrected chi connectivity index (χ1v) is 11.5. The molecule has 10 heteroatoms. The number of hydrogen-bond acceptors (Lipinski definition) is 5. The summed E-state index contributed by atoms with van der Waals surface area (Å²) >= 11 is 0. The van der Waals surface area contributed by atoms with Gasteiger partial charge in [0.25, 0.3) is 0 Å². The Kier molecular flexibility index (Phi) is 10.9. The van der Waals surface area contributed by atoms with Crippen molar-refractivity contribution in [3.8, 4) is 0 Å². The van der Waals surface area contributed by atoms with Gasteiger partial charge in [0.15, 0.2) is 5.78 Å². The van der Waals surface area contributed by atoms with Crippen molar-refractivity contribution in [3.63, 3.8) is 0 Å². The molecule has 0 radical (unpaired) electrons. The lowest BCUT2D eigenvalue weighted by Crippen LogP contribution is -2.55. The van der Waals surface area contributed by atoms with Crippen molar-refractivity contribution in [2.24, 2.45) is 5.92 Å². The lowest BCUT2D eigenvalue weighted by molar-refractivity contribution is -0.133. The van der Waals surface area contributed by atoms with Crippen LogP contribution in [-0.2, 0) is 32.1 Å². The molecular weight excluding hydrogens is 470 g/mol. The third kappa shape index (κ3) is 9.36. The molecule has 2 rings (SSSR count). The van der Waals surface area contributed by atoms with E-state index >= 15 is 0 Å². The van der Waals surface area contributed by atoms with Gasteiger partial charge in [0.1, 0.15) is 23.7 Å².